The first kappa shape index (κ1) is 18.0. The van der Waals surface area contributed by atoms with Crippen molar-refractivity contribution in [2.24, 2.45) is 5.92 Å². The fraction of sp³-hybridized carbons (Fsp3) is 0.875. The van der Waals surface area contributed by atoms with E-state index in [0.717, 1.165) is 32.1 Å². The first-order chi connectivity index (χ1) is 10.8. The highest BCUT2D eigenvalue weighted by molar-refractivity contribution is 5.74. The molecule has 0 aliphatic heterocycles. The molecule has 0 radical (unpaired) electrons. The molecule has 0 heterocycles. The Morgan fingerprint density at radius 1 is 1.35 bits per heavy atom. The number of hydrogen-bond donors (Lipinski definition) is 4. The van der Waals surface area contributed by atoms with Crippen LogP contribution in [0.15, 0.2) is 0 Å². The summed E-state index contributed by atoms with van der Waals surface area (Å²) < 4.78 is 0. The average molecular weight is 327 g/mol. The minimum absolute atomic E-state index is 0.0466. The molecule has 23 heavy (non-hydrogen) atoms. The predicted octanol–water partition coefficient (Wildman–Crippen LogP) is 0.774. The zero-order valence-electron chi connectivity index (χ0n) is 14.0. The highest BCUT2D eigenvalue weighted by Gasteiger charge is 2.39. The SMILES string of the molecule is CCN(CC(=O)O)C1CC(NC(=O)NCC2(O)CCCC2C)C1. The number of aliphatic hydroxyl groups is 1. The molecule has 7 nitrogen and oxygen atoms in total. The number of rotatable bonds is 7. The van der Waals surface area contributed by atoms with E-state index in [-0.39, 0.29) is 37.1 Å². The van der Waals surface area contributed by atoms with Gasteiger partial charge >= 0.3 is 12.0 Å². The molecule has 2 atom stereocenters. The maximum atomic E-state index is 11.9. The Bertz CT molecular complexity index is 439. The Morgan fingerprint density at radius 3 is 2.57 bits per heavy atom. The molecule has 0 aromatic heterocycles. The van der Waals surface area contributed by atoms with Crippen molar-refractivity contribution in [2.75, 3.05) is 19.6 Å². The van der Waals surface area contributed by atoms with E-state index in [0.29, 0.717) is 6.54 Å². The van der Waals surface area contributed by atoms with Gasteiger partial charge in [0.2, 0.25) is 0 Å². The van der Waals surface area contributed by atoms with Crippen LogP contribution in [0.25, 0.3) is 0 Å². The van der Waals surface area contributed by atoms with Crippen molar-refractivity contribution >= 4 is 12.0 Å². The quantitative estimate of drug-likeness (QED) is 0.553. The normalized spacial score (nSPS) is 33.3. The fourth-order valence-corrected chi connectivity index (χ4v) is 3.64. The topological polar surface area (TPSA) is 102 Å². The lowest BCUT2D eigenvalue weighted by molar-refractivity contribution is -0.139. The number of carbonyl (C=O) groups excluding carboxylic acids is 1. The molecule has 0 aromatic carbocycles. The second-order valence-corrected chi connectivity index (χ2v) is 7.00. The Hall–Kier alpha value is -1.34. The van der Waals surface area contributed by atoms with Crippen LogP contribution >= 0.6 is 0 Å². The van der Waals surface area contributed by atoms with Gasteiger partial charge in [-0.05, 0) is 38.1 Å². The highest BCUT2D eigenvalue weighted by Crippen LogP contribution is 2.34. The Balaban J connectivity index is 1.67. The maximum absolute atomic E-state index is 11.9. The van der Waals surface area contributed by atoms with Gasteiger partial charge < -0.3 is 20.8 Å². The summed E-state index contributed by atoms with van der Waals surface area (Å²) in [6.45, 7) is 4.99. The van der Waals surface area contributed by atoms with E-state index in [1.54, 1.807) is 0 Å². The number of carboxylic acids is 1. The third-order valence-electron chi connectivity index (χ3n) is 5.43. The lowest BCUT2D eigenvalue weighted by atomic mass is 9.85. The second kappa shape index (κ2) is 7.49. The molecule has 0 spiro atoms. The number of carbonyl (C=O) groups is 2. The smallest absolute Gasteiger partial charge is 0.317 e. The summed E-state index contributed by atoms with van der Waals surface area (Å²) in [6.07, 6.45) is 4.28. The molecule has 2 aliphatic carbocycles. The molecule has 2 fully saturated rings. The van der Waals surface area contributed by atoms with Gasteiger partial charge in [0.25, 0.3) is 0 Å². The van der Waals surface area contributed by atoms with E-state index in [1.165, 1.54) is 0 Å². The molecule has 2 unspecified atom stereocenters. The Kier molecular flexibility index (Phi) is 5.86. The van der Waals surface area contributed by atoms with E-state index in [2.05, 4.69) is 10.6 Å². The molecule has 2 amide bonds. The summed E-state index contributed by atoms with van der Waals surface area (Å²) in [4.78, 5) is 24.6. The molecule has 132 valence electrons. The van der Waals surface area contributed by atoms with Gasteiger partial charge in [0, 0.05) is 18.6 Å². The van der Waals surface area contributed by atoms with Gasteiger partial charge in [-0.2, -0.15) is 0 Å². The van der Waals surface area contributed by atoms with E-state index < -0.39 is 11.6 Å². The number of likely N-dealkylation sites (N-methyl/N-ethyl adjacent to an activating group) is 1. The summed E-state index contributed by atoms with van der Waals surface area (Å²) >= 11 is 0. The average Bonchev–Trinajstić information content (AvgIpc) is 2.78. The van der Waals surface area contributed by atoms with E-state index in [1.807, 2.05) is 18.7 Å². The van der Waals surface area contributed by atoms with Crippen molar-refractivity contribution < 1.29 is 19.8 Å². The summed E-state index contributed by atoms with van der Waals surface area (Å²) in [5.74, 6) is -0.607. The van der Waals surface area contributed by atoms with Gasteiger partial charge in [0.15, 0.2) is 0 Å². The Labute approximate surface area is 137 Å². The first-order valence-electron chi connectivity index (χ1n) is 8.56. The largest absolute Gasteiger partial charge is 0.480 e. The lowest BCUT2D eigenvalue weighted by Gasteiger charge is -2.42. The van der Waals surface area contributed by atoms with Crippen molar-refractivity contribution in [3.8, 4) is 0 Å². The van der Waals surface area contributed by atoms with Crippen LogP contribution in [0.2, 0.25) is 0 Å². The van der Waals surface area contributed by atoms with Crippen LogP contribution in [0, 0.1) is 5.92 Å². The van der Waals surface area contributed by atoms with Crippen LogP contribution in [0.1, 0.15) is 46.0 Å². The number of carboxylic acid groups (broad SMARTS) is 1. The van der Waals surface area contributed by atoms with Crippen molar-refractivity contribution in [2.45, 2.75) is 63.6 Å². The predicted molar refractivity (Wildman–Crippen MR) is 86.2 cm³/mol. The van der Waals surface area contributed by atoms with Crippen molar-refractivity contribution in [3.05, 3.63) is 0 Å². The zero-order chi connectivity index (χ0) is 17.0. The second-order valence-electron chi connectivity index (χ2n) is 7.00. The van der Waals surface area contributed by atoms with E-state index in [4.69, 9.17) is 5.11 Å². The lowest BCUT2D eigenvalue weighted by Crippen LogP contribution is -2.57. The molecule has 2 saturated carbocycles. The molecular formula is C16H29N3O4. The molecular weight excluding hydrogens is 298 g/mol. The zero-order valence-corrected chi connectivity index (χ0v) is 14.0. The first-order valence-corrected chi connectivity index (χ1v) is 8.56. The Morgan fingerprint density at radius 2 is 2.04 bits per heavy atom. The summed E-state index contributed by atoms with van der Waals surface area (Å²) in [5.41, 5.74) is -0.778. The summed E-state index contributed by atoms with van der Waals surface area (Å²) in [5, 5.41) is 25.0. The summed E-state index contributed by atoms with van der Waals surface area (Å²) in [6, 6.07) is 0.0567. The van der Waals surface area contributed by atoms with Crippen molar-refractivity contribution in [1.29, 1.82) is 0 Å². The van der Waals surface area contributed by atoms with E-state index >= 15 is 0 Å². The number of urea groups is 1. The highest BCUT2D eigenvalue weighted by atomic mass is 16.4. The monoisotopic (exact) mass is 327 g/mol. The van der Waals surface area contributed by atoms with Gasteiger partial charge in [-0.25, -0.2) is 4.79 Å². The van der Waals surface area contributed by atoms with Crippen molar-refractivity contribution in [3.63, 3.8) is 0 Å². The number of aliphatic carboxylic acids is 1. The molecule has 2 rings (SSSR count). The maximum Gasteiger partial charge on any atom is 0.317 e. The number of nitrogens with zero attached hydrogens (tertiary/aromatic N) is 1. The van der Waals surface area contributed by atoms with Crippen LogP contribution in [-0.4, -0.2) is 64.4 Å². The molecule has 0 saturated heterocycles. The molecule has 7 heteroatoms. The third kappa shape index (κ3) is 4.57. The van der Waals surface area contributed by atoms with Gasteiger partial charge in [-0.15, -0.1) is 0 Å². The number of amides is 2. The van der Waals surface area contributed by atoms with E-state index in [9.17, 15) is 14.7 Å². The van der Waals surface area contributed by atoms with Crippen LogP contribution < -0.4 is 10.6 Å². The molecule has 0 bridgehead atoms. The van der Waals surface area contributed by atoms with Crippen LogP contribution in [-0.2, 0) is 4.79 Å². The standard InChI is InChI=1S/C16H29N3O4/c1-3-19(9-14(20)21)13-7-12(8-13)18-15(22)17-10-16(23)6-4-5-11(16)2/h11-13,23H,3-10H2,1-2H3,(H,20,21)(H2,17,18,22). The molecule has 4 N–H and O–H groups in total. The van der Waals surface area contributed by atoms with Gasteiger partial charge in [-0.3, -0.25) is 9.69 Å². The van der Waals surface area contributed by atoms with Gasteiger partial charge in [-0.1, -0.05) is 20.3 Å². The molecule has 0 aromatic rings. The van der Waals surface area contributed by atoms with Crippen molar-refractivity contribution in [1.82, 2.24) is 15.5 Å². The van der Waals surface area contributed by atoms with Crippen LogP contribution in [0.4, 0.5) is 4.79 Å². The van der Waals surface area contributed by atoms with Gasteiger partial charge in [0.1, 0.15) is 0 Å². The number of nitrogens with one attached hydrogen (secondary N) is 2. The summed E-state index contributed by atoms with van der Waals surface area (Å²) in [7, 11) is 0. The van der Waals surface area contributed by atoms with Gasteiger partial charge in [0.05, 0.1) is 12.1 Å². The minimum Gasteiger partial charge on any atom is -0.480 e. The van der Waals surface area contributed by atoms with Crippen LogP contribution in [0.5, 0.6) is 0 Å². The third-order valence-corrected chi connectivity index (χ3v) is 5.43. The fourth-order valence-electron chi connectivity index (χ4n) is 3.64. The number of hydrogen-bond acceptors (Lipinski definition) is 4. The minimum atomic E-state index is -0.820. The molecule has 2 aliphatic rings. The van der Waals surface area contributed by atoms with Crippen LogP contribution in [0.3, 0.4) is 0 Å².